The summed E-state index contributed by atoms with van der Waals surface area (Å²) in [5.41, 5.74) is 3.60. The summed E-state index contributed by atoms with van der Waals surface area (Å²) >= 11 is 1.59. The number of benzene rings is 1. The van der Waals surface area contributed by atoms with Crippen molar-refractivity contribution < 1.29 is 9.53 Å². The number of carbonyl (C=O) groups is 1. The Labute approximate surface area is 167 Å². The molecule has 0 amide bonds. The van der Waals surface area contributed by atoms with Gasteiger partial charge in [0.25, 0.3) is 0 Å². The smallest absolute Gasteiger partial charge is 0.358 e. The molecule has 1 aliphatic carbocycles. The summed E-state index contributed by atoms with van der Waals surface area (Å²) in [5.74, 6) is 6.50. The van der Waals surface area contributed by atoms with E-state index < -0.39 is 5.97 Å². The molecule has 0 N–H and O–H groups in total. The summed E-state index contributed by atoms with van der Waals surface area (Å²) in [4.78, 5) is 16.9. The van der Waals surface area contributed by atoms with Gasteiger partial charge < -0.3 is 4.74 Å². The average molecular weight is 392 g/mol. The Bertz CT molecular complexity index is 1070. The van der Waals surface area contributed by atoms with Crippen LogP contribution in [0.4, 0.5) is 0 Å². The molecule has 0 spiro atoms. The Morgan fingerprint density at radius 2 is 2.21 bits per heavy atom. The van der Waals surface area contributed by atoms with Crippen LogP contribution in [0, 0.1) is 11.8 Å². The first kappa shape index (κ1) is 18.4. The van der Waals surface area contributed by atoms with Gasteiger partial charge in [0, 0.05) is 29.5 Å². The van der Waals surface area contributed by atoms with E-state index in [9.17, 15) is 4.79 Å². The number of aryl methyl sites for hydroxylation is 1. The molecule has 28 heavy (non-hydrogen) atoms. The Morgan fingerprint density at radius 1 is 1.36 bits per heavy atom. The topological polar surface area (TPSA) is 69.9 Å². The lowest BCUT2D eigenvalue weighted by Gasteiger charge is -2.22. The van der Waals surface area contributed by atoms with E-state index in [0.717, 1.165) is 16.1 Å². The monoisotopic (exact) mass is 392 g/mol. The van der Waals surface area contributed by atoms with E-state index in [-0.39, 0.29) is 0 Å². The van der Waals surface area contributed by atoms with Gasteiger partial charge in [-0.25, -0.2) is 14.5 Å². The van der Waals surface area contributed by atoms with Crippen LogP contribution in [-0.4, -0.2) is 32.6 Å². The van der Waals surface area contributed by atoms with Crippen LogP contribution < -0.4 is 0 Å². The maximum Gasteiger partial charge on any atom is 0.358 e. The normalized spacial score (nSPS) is 13.5. The van der Waals surface area contributed by atoms with Crippen molar-refractivity contribution in [2.75, 3.05) is 6.61 Å². The maximum atomic E-state index is 12.2. The highest BCUT2D eigenvalue weighted by Crippen LogP contribution is 2.36. The van der Waals surface area contributed by atoms with Crippen LogP contribution in [0.15, 0.2) is 29.6 Å². The van der Waals surface area contributed by atoms with Crippen molar-refractivity contribution in [1.29, 1.82) is 0 Å². The average Bonchev–Trinajstić information content (AvgIpc) is 3.26. The van der Waals surface area contributed by atoms with Crippen LogP contribution in [0.25, 0.3) is 11.3 Å². The third kappa shape index (κ3) is 3.69. The number of hydrogen-bond donors (Lipinski definition) is 0. The molecular weight excluding hydrogens is 372 g/mol. The first-order valence-electron chi connectivity index (χ1n) is 9.30. The van der Waals surface area contributed by atoms with Crippen molar-refractivity contribution in [2.45, 2.75) is 32.1 Å². The van der Waals surface area contributed by atoms with Gasteiger partial charge in [0.05, 0.1) is 12.3 Å². The molecule has 2 heterocycles. The molecule has 7 heteroatoms. The number of carbonyl (C=O) groups excluding carboxylic acids is 1. The quantitative estimate of drug-likeness (QED) is 0.499. The number of rotatable bonds is 4. The zero-order valence-corrected chi connectivity index (χ0v) is 16.6. The van der Waals surface area contributed by atoms with Crippen molar-refractivity contribution in [1.82, 2.24) is 20.0 Å². The summed E-state index contributed by atoms with van der Waals surface area (Å²) in [6.45, 7) is 2.07. The van der Waals surface area contributed by atoms with Gasteiger partial charge in [-0.05, 0) is 37.8 Å². The van der Waals surface area contributed by atoms with E-state index in [1.807, 2.05) is 24.3 Å². The molecule has 0 unspecified atom stereocenters. The molecular formula is C21H20N4O2S. The lowest BCUT2D eigenvalue weighted by molar-refractivity contribution is 0.0514. The van der Waals surface area contributed by atoms with Crippen LogP contribution in [0.5, 0.6) is 0 Å². The van der Waals surface area contributed by atoms with Crippen molar-refractivity contribution >= 4 is 17.3 Å². The SMILES string of the molecule is CCOC(=O)c1c(-c2cccc(C#Cc3nc(C4CCC4)cs3)c2)nnn1C. The van der Waals surface area contributed by atoms with Crippen LogP contribution in [0.3, 0.4) is 0 Å². The number of thiazole rings is 1. The fourth-order valence-corrected chi connectivity index (χ4v) is 3.83. The molecule has 1 saturated carbocycles. The van der Waals surface area contributed by atoms with Crippen LogP contribution in [0.2, 0.25) is 0 Å². The number of aromatic nitrogens is 4. The first-order chi connectivity index (χ1) is 13.7. The summed E-state index contributed by atoms with van der Waals surface area (Å²) in [6, 6.07) is 7.61. The highest BCUT2D eigenvalue weighted by atomic mass is 32.1. The van der Waals surface area contributed by atoms with Crippen LogP contribution in [-0.2, 0) is 11.8 Å². The van der Waals surface area contributed by atoms with Crippen molar-refractivity contribution in [3.63, 3.8) is 0 Å². The largest absolute Gasteiger partial charge is 0.461 e. The number of nitrogens with zero attached hydrogens (tertiary/aromatic N) is 4. The van der Waals surface area contributed by atoms with Gasteiger partial charge in [-0.3, -0.25) is 0 Å². The second kappa shape index (κ2) is 7.95. The van der Waals surface area contributed by atoms with E-state index in [2.05, 4.69) is 32.5 Å². The third-order valence-corrected chi connectivity index (χ3v) is 5.57. The van der Waals surface area contributed by atoms with E-state index in [1.54, 1.807) is 25.3 Å². The van der Waals surface area contributed by atoms with Crippen LogP contribution >= 0.6 is 11.3 Å². The fourth-order valence-electron chi connectivity index (χ4n) is 3.08. The summed E-state index contributed by atoms with van der Waals surface area (Å²) in [6.07, 6.45) is 3.77. The minimum Gasteiger partial charge on any atom is -0.461 e. The van der Waals surface area contributed by atoms with Crippen molar-refractivity contribution in [3.05, 3.63) is 51.6 Å². The minimum absolute atomic E-state index is 0.297. The maximum absolute atomic E-state index is 12.2. The fraction of sp³-hybridized carbons (Fsp3) is 0.333. The number of ether oxygens (including phenoxy) is 1. The molecule has 2 aromatic heterocycles. The molecule has 3 aromatic rings. The molecule has 1 aromatic carbocycles. The predicted octanol–water partition coefficient (Wildman–Crippen LogP) is 3.78. The lowest BCUT2D eigenvalue weighted by atomic mass is 9.83. The highest BCUT2D eigenvalue weighted by Gasteiger charge is 2.22. The Hall–Kier alpha value is -2.98. The Kier molecular flexibility index (Phi) is 5.22. The lowest BCUT2D eigenvalue weighted by Crippen LogP contribution is -2.11. The third-order valence-electron chi connectivity index (χ3n) is 4.79. The van der Waals surface area contributed by atoms with Gasteiger partial charge in [0.15, 0.2) is 10.7 Å². The van der Waals surface area contributed by atoms with E-state index >= 15 is 0 Å². The molecule has 0 saturated heterocycles. The van der Waals surface area contributed by atoms with Gasteiger partial charge in [-0.1, -0.05) is 29.7 Å². The first-order valence-corrected chi connectivity index (χ1v) is 10.2. The molecule has 0 bridgehead atoms. The molecule has 0 radical (unpaired) electrons. The molecule has 0 aliphatic heterocycles. The minimum atomic E-state index is -0.437. The van der Waals surface area contributed by atoms with E-state index in [0.29, 0.717) is 23.9 Å². The van der Waals surface area contributed by atoms with Gasteiger partial charge in [-0.2, -0.15) is 0 Å². The van der Waals surface area contributed by atoms with Crippen molar-refractivity contribution in [2.24, 2.45) is 7.05 Å². The highest BCUT2D eigenvalue weighted by molar-refractivity contribution is 7.10. The number of hydrogen-bond acceptors (Lipinski definition) is 6. The standard InChI is InChI=1S/C21H20N4O2S/c1-3-27-21(26)20-19(23-24-25(20)2)16-9-4-6-14(12-16)10-11-18-22-17(13-28-18)15-7-5-8-15/h4,6,9,12-13,15H,3,5,7-8H2,1-2H3. The zero-order chi connectivity index (χ0) is 19.5. The molecule has 4 rings (SSSR count). The zero-order valence-electron chi connectivity index (χ0n) is 15.8. The molecule has 142 valence electrons. The number of esters is 1. The molecule has 6 nitrogen and oxygen atoms in total. The Morgan fingerprint density at radius 3 is 2.96 bits per heavy atom. The van der Waals surface area contributed by atoms with Gasteiger partial charge in [0.2, 0.25) is 0 Å². The van der Waals surface area contributed by atoms with Gasteiger partial charge in [-0.15, -0.1) is 16.4 Å². The predicted molar refractivity (Wildman–Crippen MR) is 107 cm³/mol. The molecule has 0 atom stereocenters. The van der Waals surface area contributed by atoms with Gasteiger partial charge in [0.1, 0.15) is 5.69 Å². The van der Waals surface area contributed by atoms with E-state index in [4.69, 9.17) is 4.74 Å². The van der Waals surface area contributed by atoms with Gasteiger partial charge >= 0.3 is 5.97 Å². The summed E-state index contributed by atoms with van der Waals surface area (Å²) in [5, 5.41) is 11.1. The second-order valence-electron chi connectivity index (χ2n) is 6.67. The molecule has 1 fully saturated rings. The second-order valence-corrected chi connectivity index (χ2v) is 7.52. The summed E-state index contributed by atoms with van der Waals surface area (Å²) in [7, 11) is 1.68. The van der Waals surface area contributed by atoms with Crippen molar-refractivity contribution in [3.8, 4) is 23.1 Å². The summed E-state index contributed by atoms with van der Waals surface area (Å²) < 4.78 is 6.56. The molecule has 1 aliphatic rings. The van der Waals surface area contributed by atoms with E-state index in [1.165, 1.54) is 29.6 Å². The Balaban J connectivity index is 1.59. The van der Waals surface area contributed by atoms with Crippen LogP contribution in [0.1, 0.15) is 58.9 Å².